The van der Waals surface area contributed by atoms with Gasteiger partial charge >= 0.3 is 0 Å². The fourth-order valence-electron chi connectivity index (χ4n) is 1.89. The lowest BCUT2D eigenvalue weighted by molar-refractivity contribution is 0.318. The summed E-state index contributed by atoms with van der Waals surface area (Å²) in [7, 11) is 0. The minimum atomic E-state index is -0.0293. The summed E-state index contributed by atoms with van der Waals surface area (Å²) in [5, 5.41) is 17.0. The van der Waals surface area contributed by atoms with E-state index in [9.17, 15) is 0 Å². The third kappa shape index (κ3) is 1.89. The van der Waals surface area contributed by atoms with Crippen molar-refractivity contribution in [3.8, 4) is 5.82 Å². The van der Waals surface area contributed by atoms with Crippen molar-refractivity contribution in [2.45, 2.75) is 0 Å². The van der Waals surface area contributed by atoms with E-state index in [2.05, 4.69) is 15.2 Å². The molecular weight excluding hydrogens is 242 g/mol. The van der Waals surface area contributed by atoms with Crippen molar-refractivity contribution in [1.82, 2.24) is 14.8 Å². The molecule has 94 valence electrons. The maximum Gasteiger partial charge on any atom is 0.188 e. The summed E-state index contributed by atoms with van der Waals surface area (Å²) < 4.78 is 1.71. The van der Waals surface area contributed by atoms with Gasteiger partial charge in [0.1, 0.15) is 5.69 Å². The number of fused-ring (bicyclic) bond motifs is 1. The van der Waals surface area contributed by atoms with Gasteiger partial charge in [0.2, 0.25) is 0 Å². The summed E-state index contributed by atoms with van der Waals surface area (Å²) in [5.41, 5.74) is 6.89. The molecule has 0 unspecified atom stereocenters. The second-order valence-electron chi connectivity index (χ2n) is 3.98. The lowest BCUT2D eigenvalue weighted by atomic mass is 10.2. The van der Waals surface area contributed by atoms with Gasteiger partial charge in [0.25, 0.3) is 0 Å². The Balaban J connectivity index is 2.17. The van der Waals surface area contributed by atoms with Crippen LogP contribution < -0.4 is 5.73 Å². The average molecular weight is 253 g/mol. The second-order valence-corrected chi connectivity index (χ2v) is 3.98. The molecule has 0 aliphatic heterocycles. The molecule has 0 saturated heterocycles. The monoisotopic (exact) mass is 253 g/mol. The molecule has 6 heteroatoms. The first-order valence-corrected chi connectivity index (χ1v) is 5.67. The predicted octanol–water partition coefficient (Wildman–Crippen LogP) is 1.51. The van der Waals surface area contributed by atoms with Crippen LogP contribution in [0.1, 0.15) is 5.69 Å². The van der Waals surface area contributed by atoms with Gasteiger partial charge in [-0.05, 0) is 18.2 Å². The van der Waals surface area contributed by atoms with E-state index in [0.29, 0.717) is 11.5 Å². The fourth-order valence-corrected chi connectivity index (χ4v) is 1.89. The van der Waals surface area contributed by atoms with Crippen LogP contribution in [-0.2, 0) is 0 Å². The van der Waals surface area contributed by atoms with Gasteiger partial charge in [-0.25, -0.2) is 9.67 Å². The Kier molecular flexibility index (Phi) is 2.60. The third-order valence-corrected chi connectivity index (χ3v) is 2.80. The first kappa shape index (κ1) is 11.2. The number of nitrogens with two attached hydrogens (primary N) is 1. The zero-order chi connectivity index (χ0) is 13.2. The van der Waals surface area contributed by atoms with E-state index >= 15 is 0 Å². The highest BCUT2D eigenvalue weighted by Crippen LogP contribution is 2.16. The first-order valence-electron chi connectivity index (χ1n) is 5.67. The fraction of sp³-hybridized carbons (Fsp3) is 0. The molecule has 0 aliphatic rings. The van der Waals surface area contributed by atoms with Crippen LogP contribution in [0.15, 0.2) is 53.8 Å². The van der Waals surface area contributed by atoms with Gasteiger partial charge in [0.15, 0.2) is 11.7 Å². The molecule has 0 spiro atoms. The molecule has 0 radical (unpaired) electrons. The molecule has 1 aromatic carbocycles. The molecule has 3 N–H and O–H groups in total. The molecule has 3 aromatic rings. The van der Waals surface area contributed by atoms with Gasteiger partial charge in [-0.1, -0.05) is 29.4 Å². The number of para-hydroxylation sites is 1. The minimum absolute atomic E-state index is 0.0293. The van der Waals surface area contributed by atoms with Gasteiger partial charge in [0.05, 0.1) is 11.7 Å². The molecule has 0 fully saturated rings. The molecule has 6 nitrogen and oxygen atoms in total. The van der Waals surface area contributed by atoms with Crippen LogP contribution in [0.3, 0.4) is 0 Å². The number of rotatable bonds is 2. The molecule has 0 saturated carbocycles. The lowest BCUT2D eigenvalue weighted by Gasteiger charge is -2.04. The lowest BCUT2D eigenvalue weighted by Crippen LogP contribution is -2.16. The Labute approximate surface area is 108 Å². The van der Waals surface area contributed by atoms with E-state index in [0.717, 1.165) is 10.9 Å². The number of oxime groups is 1. The predicted molar refractivity (Wildman–Crippen MR) is 71.4 cm³/mol. The van der Waals surface area contributed by atoms with Crippen molar-refractivity contribution in [2.24, 2.45) is 10.9 Å². The van der Waals surface area contributed by atoms with Crippen LogP contribution >= 0.6 is 0 Å². The molecule has 19 heavy (non-hydrogen) atoms. The number of hydrogen-bond donors (Lipinski definition) is 2. The largest absolute Gasteiger partial charge is 0.409 e. The topological polar surface area (TPSA) is 89.3 Å². The number of pyridine rings is 1. The third-order valence-electron chi connectivity index (χ3n) is 2.80. The summed E-state index contributed by atoms with van der Waals surface area (Å²) in [6, 6.07) is 13.1. The normalized spacial score (nSPS) is 11.9. The van der Waals surface area contributed by atoms with Crippen molar-refractivity contribution in [3.63, 3.8) is 0 Å². The Hall–Kier alpha value is -2.89. The van der Waals surface area contributed by atoms with E-state index in [-0.39, 0.29) is 5.84 Å². The van der Waals surface area contributed by atoms with Gasteiger partial charge < -0.3 is 10.9 Å². The molecule has 0 bridgehead atoms. The highest BCUT2D eigenvalue weighted by molar-refractivity contribution is 5.95. The molecule has 0 amide bonds. The SMILES string of the molecule is NC(=NO)c1cccc(-n2ncc3ccccc32)n1. The van der Waals surface area contributed by atoms with Gasteiger partial charge in [-0.3, -0.25) is 0 Å². The van der Waals surface area contributed by atoms with Crippen molar-refractivity contribution in [1.29, 1.82) is 0 Å². The maximum atomic E-state index is 8.68. The van der Waals surface area contributed by atoms with Crippen LogP contribution in [-0.4, -0.2) is 25.8 Å². The Morgan fingerprint density at radius 2 is 2.00 bits per heavy atom. The molecular formula is C13H11N5O. The summed E-state index contributed by atoms with van der Waals surface area (Å²) >= 11 is 0. The zero-order valence-electron chi connectivity index (χ0n) is 9.93. The first-order chi connectivity index (χ1) is 9.29. The number of nitrogens with zero attached hydrogens (tertiary/aromatic N) is 4. The van der Waals surface area contributed by atoms with Crippen molar-refractivity contribution in [2.75, 3.05) is 0 Å². The van der Waals surface area contributed by atoms with Crippen LogP contribution in [0.2, 0.25) is 0 Å². The Morgan fingerprint density at radius 3 is 2.84 bits per heavy atom. The van der Waals surface area contributed by atoms with Crippen LogP contribution in [0.25, 0.3) is 16.7 Å². The molecule has 3 rings (SSSR count). The summed E-state index contributed by atoms with van der Waals surface area (Å²) in [4.78, 5) is 4.32. The number of aromatic nitrogens is 3. The van der Waals surface area contributed by atoms with Crippen molar-refractivity contribution < 1.29 is 5.21 Å². The van der Waals surface area contributed by atoms with Gasteiger partial charge in [-0.2, -0.15) is 5.10 Å². The maximum absolute atomic E-state index is 8.68. The number of amidine groups is 1. The molecule has 0 atom stereocenters. The smallest absolute Gasteiger partial charge is 0.188 e. The number of hydrogen-bond acceptors (Lipinski definition) is 4. The van der Waals surface area contributed by atoms with Crippen LogP contribution in [0.5, 0.6) is 0 Å². The van der Waals surface area contributed by atoms with E-state index < -0.39 is 0 Å². The average Bonchev–Trinajstić information content (AvgIpc) is 2.90. The Bertz CT molecular complexity index is 762. The second kappa shape index (κ2) is 4.41. The standard InChI is InChI=1S/C13H11N5O/c14-13(17-19)10-5-3-7-12(16-10)18-11-6-2-1-4-9(11)8-15-18/h1-8,19H,(H2,14,17). The van der Waals surface area contributed by atoms with Crippen LogP contribution in [0, 0.1) is 0 Å². The minimum Gasteiger partial charge on any atom is -0.409 e. The van der Waals surface area contributed by atoms with Crippen LogP contribution in [0.4, 0.5) is 0 Å². The van der Waals surface area contributed by atoms with Gasteiger partial charge in [0, 0.05) is 5.39 Å². The highest BCUT2D eigenvalue weighted by atomic mass is 16.4. The molecule has 2 aromatic heterocycles. The Morgan fingerprint density at radius 1 is 1.16 bits per heavy atom. The highest BCUT2D eigenvalue weighted by Gasteiger charge is 2.07. The summed E-state index contributed by atoms with van der Waals surface area (Å²) in [6.45, 7) is 0. The van der Waals surface area contributed by atoms with E-state index in [4.69, 9.17) is 10.9 Å². The van der Waals surface area contributed by atoms with E-state index in [1.54, 1.807) is 23.0 Å². The van der Waals surface area contributed by atoms with E-state index in [1.807, 2.05) is 30.3 Å². The number of benzene rings is 1. The zero-order valence-corrected chi connectivity index (χ0v) is 9.93. The summed E-state index contributed by atoms with van der Waals surface area (Å²) in [6.07, 6.45) is 1.77. The quantitative estimate of drug-likeness (QED) is 0.313. The van der Waals surface area contributed by atoms with E-state index in [1.165, 1.54) is 0 Å². The summed E-state index contributed by atoms with van der Waals surface area (Å²) in [5.74, 6) is 0.587. The molecule has 0 aliphatic carbocycles. The molecule has 2 heterocycles. The van der Waals surface area contributed by atoms with Crippen molar-refractivity contribution >= 4 is 16.7 Å². The van der Waals surface area contributed by atoms with Crippen molar-refractivity contribution in [3.05, 3.63) is 54.4 Å². The van der Waals surface area contributed by atoms with Gasteiger partial charge in [-0.15, -0.1) is 0 Å².